The first-order valence-corrected chi connectivity index (χ1v) is 10.7. The van der Waals surface area contributed by atoms with Crippen LogP contribution in [0.2, 0.25) is 0 Å². The Labute approximate surface area is 180 Å². The van der Waals surface area contributed by atoms with E-state index in [2.05, 4.69) is 21.9 Å². The summed E-state index contributed by atoms with van der Waals surface area (Å²) in [5.41, 5.74) is 2.70. The Morgan fingerprint density at radius 2 is 1.71 bits per heavy atom. The van der Waals surface area contributed by atoms with E-state index in [-0.39, 0.29) is 17.7 Å². The zero-order chi connectivity index (χ0) is 21.4. The van der Waals surface area contributed by atoms with Gasteiger partial charge in [-0.3, -0.25) is 14.0 Å². The van der Waals surface area contributed by atoms with Crippen molar-refractivity contribution in [3.05, 3.63) is 54.1 Å². The summed E-state index contributed by atoms with van der Waals surface area (Å²) in [6, 6.07) is 3.70. The van der Waals surface area contributed by atoms with Gasteiger partial charge in [0.05, 0.1) is 11.8 Å². The van der Waals surface area contributed by atoms with Gasteiger partial charge in [-0.05, 0) is 32.0 Å². The summed E-state index contributed by atoms with van der Waals surface area (Å²) in [5, 5.41) is 0. The van der Waals surface area contributed by atoms with Gasteiger partial charge in [0.25, 0.3) is 11.8 Å². The third kappa shape index (κ3) is 3.69. The van der Waals surface area contributed by atoms with E-state index >= 15 is 0 Å². The minimum Gasteiger partial charge on any atom is -0.472 e. The molecule has 0 saturated carbocycles. The lowest BCUT2D eigenvalue weighted by Gasteiger charge is -2.32. The summed E-state index contributed by atoms with van der Waals surface area (Å²) in [6.07, 6.45) is 8.18. The molecular weight excluding hydrogens is 396 g/mol. The molecule has 9 heteroatoms. The highest BCUT2D eigenvalue weighted by Crippen LogP contribution is 2.29. The summed E-state index contributed by atoms with van der Waals surface area (Å²) >= 11 is 0. The number of amides is 2. The van der Waals surface area contributed by atoms with Gasteiger partial charge in [-0.2, -0.15) is 0 Å². The number of fused-ring (bicyclic) bond motifs is 1. The molecule has 9 nitrogen and oxygen atoms in total. The van der Waals surface area contributed by atoms with Gasteiger partial charge in [0.1, 0.15) is 12.6 Å². The van der Waals surface area contributed by atoms with Gasteiger partial charge >= 0.3 is 0 Å². The van der Waals surface area contributed by atoms with E-state index in [1.54, 1.807) is 18.6 Å². The summed E-state index contributed by atoms with van der Waals surface area (Å²) in [6.45, 7) is 4.51. The van der Waals surface area contributed by atoms with Crippen LogP contribution in [0.3, 0.4) is 0 Å². The summed E-state index contributed by atoms with van der Waals surface area (Å²) in [5.74, 6) is 0.232. The Bertz CT molecular complexity index is 1080. The second-order valence-electron chi connectivity index (χ2n) is 8.33. The molecule has 5 rings (SSSR count). The van der Waals surface area contributed by atoms with Crippen molar-refractivity contribution in [2.75, 3.05) is 46.3 Å². The molecular formula is C22H26N6O3. The lowest BCUT2D eigenvalue weighted by atomic mass is 9.93. The summed E-state index contributed by atoms with van der Waals surface area (Å²) in [4.78, 5) is 40.5. The number of furan rings is 1. The average molecular weight is 422 g/mol. The molecule has 0 spiro atoms. The zero-order valence-corrected chi connectivity index (χ0v) is 17.6. The van der Waals surface area contributed by atoms with Gasteiger partial charge in [0.2, 0.25) is 0 Å². The first kappa shape index (κ1) is 19.7. The third-order valence-electron chi connectivity index (χ3n) is 6.42. The molecule has 2 aliphatic heterocycles. The highest BCUT2D eigenvalue weighted by atomic mass is 16.3. The van der Waals surface area contributed by atoms with E-state index in [0.717, 1.165) is 31.6 Å². The van der Waals surface area contributed by atoms with Crippen LogP contribution in [0.4, 0.5) is 0 Å². The van der Waals surface area contributed by atoms with E-state index in [1.807, 2.05) is 20.3 Å². The lowest BCUT2D eigenvalue weighted by molar-refractivity contribution is 0.0659. The minimum absolute atomic E-state index is 0.00904. The molecule has 3 aromatic heterocycles. The van der Waals surface area contributed by atoms with Gasteiger partial charge in [-0.1, -0.05) is 0 Å². The van der Waals surface area contributed by atoms with Gasteiger partial charge in [0.15, 0.2) is 11.3 Å². The number of aromatic nitrogens is 3. The normalized spacial score (nSPS) is 18.6. The first-order valence-electron chi connectivity index (χ1n) is 10.7. The predicted octanol–water partition coefficient (Wildman–Crippen LogP) is 1.73. The average Bonchev–Trinajstić information content (AvgIpc) is 3.49. The number of carbonyl (C=O) groups is 2. The maximum absolute atomic E-state index is 13.0. The summed E-state index contributed by atoms with van der Waals surface area (Å²) < 4.78 is 6.98. The van der Waals surface area contributed by atoms with E-state index in [9.17, 15) is 9.59 Å². The number of hydrogen-bond donors (Lipinski definition) is 0. The van der Waals surface area contributed by atoms with Gasteiger partial charge in [0, 0.05) is 57.1 Å². The second kappa shape index (κ2) is 8.14. The third-order valence-corrected chi connectivity index (χ3v) is 6.42. The fourth-order valence-corrected chi connectivity index (χ4v) is 4.51. The van der Waals surface area contributed by atoms with Crippen LogP contribution in [0.1, 0.15) is 45.3 Å². The zero-order valence-electron chi connectivity index (χ0n) is 17.6. The van der Waals surface area contributed by atoms with Crippen LogP contribution >= 0.6 is 0 Å². The van der Waals surface area contributed by atoms with Crippen molar-refractivity contribution >= 4 is 17.5 Å². The van der Waals surface area contributed by atoms with Crippen molar-refractivity contribution in [3.8, 4) is 0 Å². The van der Waals surface area contributed by atoms with E-state index in [0.29, 0.717) is 43.1 Å². The van der Waals surface area contributed by atoms with Crippen molar-refractivity contribution in [1.29, 1.82) is 0 Å². The maximum atomic E-state index is 13.0. The Morgan fingerprint density at radius 3 is 2.42 bits per heavy atom. The van der Waals surface area contributed by atoms with Crippen molar-refractivity contribution in [2.45, 2.75) is 18.8 Å². The summed E-state index contributed by atoms with van der Waals surface area (Å²) in [7, 11) is 2.07. The monoisotopic (exact) mass is 422 g/mol. The maximum Gasteiger partial charge on any atom is 0.276 e. The van der Waals surface area contributed by atoms with E-state index in [1.165, 1.54) is 12.5 Å². The Kier molecular flexibility index (Phi) is 5.19. The molecule has 162 valence electrons. The number of likely N-dealkylation sites (N-methyl/N-ethyl adjacent to an activating group) is 1. The molecule has 3 aromatic rings. The van der Waals surface area contributed by atoms with Crippen LogP contribution in [-0.2, 0) is 0 Å². The highest BCUT2D eigenvalue weighted by Gasteiger charge is 2.28. The molecule has 5 heterocycles. The van der Waals surface area contributed by atoms with Gasteiger partial charge < -0.3 is 19.1 Å². The highest BCUT2D eigenvalue weighted by molar-refractivity contribution is 5.98. The van der Waals surface area contributed by atoms with Gasteiger partial charge in [-0.25, -0.2) is 9.97 Å². The number of nitrogens with zero attached hydrogens (tertiary/aromatic N) is 6. The molecule has 0 unspecified atom stereocenters. The van der Waals surface area contributed by atoms with Crippen LogP contribution in [0, 0.1) is 0 Å². The second-order valence-corrected chi connectivity index (χ2v) is 8.33. The molecule has 0 atom stereocenters. The number of piperidine rings is 1. The smallest absolute Gasteiger partial charge is 0.276 e. The minimum atomic E-state index is -0.0548. The SMILES string of the molecule is CN1CCN(C(=O)c2ncn3c(C4CCN(C(=O)c5ccoc5)CC4)ccnc23)CC1. The Morgan fingerprint density at radius 1 is 0.968 bits per heavy atom. The molecule has 0 aromatic carbocycles. The fourth-order valence-electron chi connectivity index (χ4n) is 4.51. The first-order chi connectivity index (χ1) is 15.1. The number of carbonyl (C=O) groups excluding carboxylic acids is 2. The molecule has 2 saturated heterocycles. The number of piperazine rings is 1. The molecule has 0 aliphatic carbocycles. The van der Waals surface area contributed by atoms with E-state index in [4.69, 9.17) is 4.42 Å². The largest absolute Gasteiger partial charge is 0.472 e. The topological polar surface area (TPSA) is 87.2 Å². The fraction of sp³-hybridized carbons (Fsp3) is 0.455. The Balaban J connectivity index is 1.32. The van der Waals surface area contributed by atoms with Crippen molar-refractivity contribution in [3.63, 3.8) is 0 Å². The van der Waals surface area contributed by atoms with E-state index < -0.39 is 0 Å². The molecule has 2 fully saturated rings. The van der Waals surface area contributed by atoms with Crippen LogP contribution in [0.5, 0.6) is 0 Å². The lowest BCUT2D eigenvalue weighted by Crippen LogP contribution is -2.47. The van der Waals surface area contributed by atoms with Crippen molar-refractivity contribution in [2.24, 2.45) is 0 Å². The van der Waals surface area contributed by atoms with Crippen LogP contribution in [-0.4, -0.2) is 87.2 Å². The predicted molar refractivity (Wildman–Crippen MR) is 113 cm³/mol. The standard InChI is InChI=1S/C22H26N6O3/c1-25-9-11-27(12-10-25)22(30)19-20-23-6-2-18(28(20)15-24-19)16-3-7-26(8-4-16)21(29)17-5-13-31-14-17/h2,5-6,13-16H,3-4,7-12H2,1H3. The van der Waals surface area contributed by atoms with Crippen LogP contribution in [0.15, 0.2) is 41.6 Å². The number of likely N-dealkylation sites (tertiary alicyclic amines) is 1. The molecule has 2 amide bonds. The molecule has 0 radical (unpaired) electrons. The van der Waals surface area contributed by atoms with Crippen molar-refractivity contribution < 1.29 is 14.0 Å². The molecule has 31 heavy (non-hydrogen) atoms. The molecule has 0 bridgehead atoms. The quantitative estimate of drug-likeness (QED) is 0.639. The Hall–Kier alpha value is -3.20. The van der Waals surface area contributed by atoms with Crippen LogP contribution in [0.25, 0.3) is 5.65 Å². The molecule has 0 N–H and O–H groups in total. The van der Waals surface area contributed by atoms with Gasteiger partial charge in [-0.15, -0.1) is 0 Å². The van der Waals surface area contributed by atoms with Crippen LogP contribution < -0.4 is 0 Å². The number of imidazole rings is 1. The number of hydrogen-bond acceptors (Lipinski definition) is 6. The van der Waals surface area contributed by atoms with Crippen molar-refractivity contribution in [1.82, 2.24) is 29.1 Å². The number of rotatable bonds is 3. The molecule has 2 aliphatic rings.